The molecule has 0 aliphatic heterocycles. The molecule has 1 aromatic carbocycles. The Morgan fingerprint density at radius 2 is 1.77 bits per heavy atom. The smallest absolute Gasteiger partial charge is 0.256 e. The third-order valence-corrected chi connectivity index (χ3v) is 3.03. The van der Waals surface area contributed by atoms with Crippen molar-refractivity contribution in [2.75, 3.05) is 31.7 Å². The number of carbonyl (C=O) groups is 1. The van der Waals surface area contributed by atoms with Gasteiger partial charge >= 0.3 is 0 Å². The molecule has 0 heterocycles. The lowest BCUT2D eigenvalue weighted by molar-refractivity contribution is -0.137. The first-order valence-corrected chi connectivity index (χ1v) is 7.75. The Morgan fingerprint density at radius 3 is 2.36 bits per heavy atom. The minimum atomic E-state index is -0.845. The lowest BCUT2D eigenvalue weighted by Gasteiger charge is -2.24. The van der Waals surface area contributed by atoms with Crippen LogP contribution in [-0.2, 0) is 14.3 Å². The normalized spacial score (nSPS) is 11.3. The van der Waals surface area contributed by atoms with Gasteiger partial charge in [0.25, 0.3) is 5.91 Å². The molecule has 22 heavy (non-hydrogen) atoms. The van der Waals surface area contributed by atoms with Gasteiger partial charge in [0.2, 0.25) is 0 Å². The van der Waals surface area contributed by atoms with Gasteiger partial charge in [-0.1, -0.05) is 6.92 Å². The largest absolute Gasteiger partial charge is 0.491 e. The number of hydrogen-bond acceptors (Lipinski definition) is 4. The van der Waals surface area contributed by atoms with Gasteiger partial charge in [-0.2, -0.15) is 0 Å². The van der Waals surface area contributed by atoms with Crippen molar-refractivity contribution >= 4 is 11.6 Å². The van der Waals surface area contributed by atoms with Crippen LogP contribution in [0.3, 0.4) is 0 Å². The SMILES string of the molecule is CCCOC(C)(C)C(=O)Nc1ccc(OCCOCC)cc1. The van der Waals surface area contributed by atoms with Crippen molar-refractivity contribution in [1.29, 1.82) is 0 Å². The van der Waals surface area contributed by atoms with Crippen LogP contribution in [0.2, 0.25) is 0 Å². The van der Waals surface area contributed by atoms with Crippen LogP contribution in [-0.4, -0.2) is 37.9 Å². The maximum Gasteiger partial charge on any atom is 0.256 e. The lowest BCUT2D eigenvalue weighted by Crippen LogP contribution is -2.40. The van der Waals surface area contributed by atoms with E-state index >= 15 is 0 Å². The Hall–Kier alpha value is -1.59. The number of ether oxygens (including phenoxy) is 3. The first-order valence-electron chi connectivity index (χ1n) is 7.75. The first-order chi connectivity index (χ1) is 10.5. The van der Waals surface area contributed by atoms with E-state index in [4.69, 9.17) is 14.2 Å². The van der Waals surface area contributed by atoms with E-state index in [1.807, 2.05) is 38.1 Å². The summed E-state index contributed by atoms with van der Waals surface area (Å²) in [6.07, 6.45) is 0.879. The monoisotopic (exact) mass is 309 g/mol. The molecular weight excluding hydrogens is 282 g/mol. The number of carbonyl (C=O) groups excluding carboxylic acids is 1. The molecule has 0 saturated carbocycles. The molecule has 1 aromatic rings. The molecule has 124 valence electrons. The average molecular weight is 309 g/mol. The topological polar surface area (TPSA) is 56.8 Å². The lowest BCUT2D eigenvalue weighted by atomic mass is 10.1. The number of anilines is 1. The third-order valence-electron chi connectivity index (χ3n) is 3.03. The molecule has 1 amide bonds. The summed E-state index contributed by atoms with van der Waals surface area (Å²) >= 11 is 0. The summed E-state index contributed by atoms with van der Waals surface area (Å²) in [5.74, 6) is 0.588. The molecule has 0 aliphatic rings. The Balaban J connectivity index is 2.47. The zero-order chi connectivity index (χ0) is 16.4. The minimum Gasteiger partial charge on any atom is -0.491 e. The number of benzene rings is 1. The number of amides is 1. The predicted octanol–water partition coefficient (Wildman–Crippen LogP) is 3.25. The summed E-state index contributed by atoms with van der Waals surface area (Å²) in [5.41, 5.74) is -0.127. The fraction of sp³-hybridized carbons (Fsp3) is 0.588. The molecule has 1 N–H and O–H groups in total. The maximum atomic E-state index is 12.2. The molecule has 5 heteroatoms. The van der Waals surface area contributed by atoms with Crippen LogP contribution in [0, 0.1) is 0 Å². The fourth-order valence-corrected chi connectivity index (χ4v) is 1.70. The highest BCUT2D eigenvalue weighted by atomic mass is 16.5. The van der Waals surface area contributed by atoms with Crippen LogP contribution in [0.15, 0.2) is 24.3 Å². The van der Waals surface area contributed by atoms with Gasteiger partial charge < -0.3 is 19.5 Å². The molecule has 0 bridgehead atoms. The highest BCUT2D eigenvalue weighted by molar-refractivity contribution is 5.96. The van der Waals surface area contributed by atoms with Crippen molar-refractivity contribution in [3.8, 4) is 5.75 Å². The molecule has 0 unspecified atom stereocenters. The van der Waals surface area contributed by atoms with Gasteiger partial charge in [0.05, 0.1) is 6.61 Å². The molecule has 0 radical (unpaired) electrons. The Morgan fingerprint density at radius 1 is 1.09 bits per heavy atom. The molecule has 0 aromatic heterocycles. The molecule has 0 aliphatic carbocycles. The number of rotatable bonds is 10. The van der Waals surface area contributed by atoms with Gasteiger partial charge in [-0.05, 0) is 51.5 Å². The van der Waals surface area contributed by atoms with Gasteiger partial charge in [0, 0.05) is 18.9 Å². The highest BCUT2D eigenvalue weighted by Gasteiger charge is 2.28. The van der Waals surface area contributed by atoms with Gasteiger partial charge in [-0.3, -0.25) is 4.79 Å². The van der Waals surface area contributed by atoms with Crippen LogP contribution in [0.25, 0.3) is 0 Å². The molecule has 0 atom stereocenters. The molecule has 0 spiro atoms. The van der Waals surface area contributed by atoms with Crippen molar-refractivity contribution in [2.45, 2.75) is 39.7 Å². The van der Waals surface area contributed by atoms with Crippen molar-refractivity contribution in [1.82, 2.24) is 0 Å². The second-order valence-corrected chi connectivity index (χ2v) is 5.38. The second kappa shape index (κ2) is 9.43. The van der Waals surface area contributed by atoms with Crippen molar-refractivity contribution < 1.29 is 19.0 Å². The molecular formula is C17H27NO4. The van der Waals surface area contributed by atoms with Crippen molar-refractivity contribution in [3.05, 3.63) is 24.3 Å². The minimum absolute atomic E-state index is 0.161. The third kappa shape index (κ3) is 6.45. The van der Waals surface area contributed by atoms with Crippen LogP contribution < -0.4 is 10.1 Å². The summed E-state index contributed by atoms with van der Waals surface area (Å²) in [4.78, 5) is 12.2. The zero-order valence-corrected chi connectivity index (χ0v) is 14.0. The number of hydrogen-bond donors (Lipinski definition) is 1. The maximum absolute atomic E-state index is 12.2. The summed E-state index contributed by atoms with van der Waals surface area (Å²) in [7, 11) is 0. The molecule has 1 rings (SSSR count). The van der Waals surface area contributed by atoms with Gasteiger partial charge in [-0.25, -0.2) is 0 Å². The van der Waals surface area contributed by atoms with Crippen LogP contribution in [0.1, 0.15) is 34.1 Å². The second-order valence-electron chi connectivity index (χ2n) is 5.38. The zero-order valence-electron chi connectivity index (χ0n) is 14.0. The Bertz CT molecular complexity index is 442. The van der Waals surface area contributed by atoms with Gasteiger partial charge in [0.1, 0.15) is 18.0 Å². The first kappa shape index (κ1) is 18.5. The van der Waals surface area contributed by atoms with Crippen LogP contribution >= 0.6 is 0 Å². The van der Waals surface area contributed by atoms with Gasteiger partial charge in [-0.15, -0.1) is 0 Å². The van der Waals surface area contributed by atoms with E-state index in [-0.39, 0.29) is 5.91 Å². The fourth-order valence-electron chi connectivity index (χ4n) is 1.70. The van der Waals surface area contributed by atoms with Crippen LogP contribution in [0.5, 0.6) is 5.75 Å². The standard InChI is InChI=1S/C17H27NO4/c1-5-11-22-17(3,4)16(19)18-14-7-9-15(10-8-14)21-13-12-20-6-2/h7-10H,5-6,11-13H2,1-4H3,(H,18,19). The van der Waals surface area contributed by atoms with E-state index in [1.54, 1.807) is 13.8 Å². The van der Waals surface area contributed by atoms with E-state index in [2.05, 4.69) is 5.32 Å². The van der Waals surface area contributed by atoms with E-state index < -0.39 is 5.60 Å². The molecule has 0 saturated heterocycles. The summed E-state index contributed by atoms with van der Waals surface area (Å²) in [6, 6.07) is 7.26. The van der Waals surface area contributed by atoms with Crippen molar-refractivity contribution in [3.63, 3.8) is 0 Å². The Labute approximate surface area is 132 Å². The Kier molecular flexibility index (Phi) is 7.91. The van der Waals surface area contributed by atoms with E-state index in [0.717, 1.165) is 17.9 Å². The van der Waals surface area contributed by atoms with E-state index in [0.29, 0.717) is 26.4 Å². The summed E-state index contributed by atoms with van der Waals surface area (Å²) in [6.45, 7) is 9.82. The highest BCUT2D eigenvalue weighted by Crippen LogP contribution is 2.18. The van der Waals surface area contributed by atoms with Gasteiger partial charge in [0.15, 0.2) is 0 Å². The average Bonchev–Trinajstić information content (AvgIpc) is 2.51. The van der Waals surface area contributed by atoms with E-state index in [9.17, 15) is 4.79 Å². The van der Waals surface area contributed by atoms with Crippen LogP contribution in [0.4, 0.5) is 5.69 Å². The number of nitrogens with one attached hydrogen (secondary N) is 1. The molecule has 5 nitrogen and oxygen atoms in total. The quantitative estimate of drug-likeness (QED) is 0.674. The van der Waals surface area contributed by atoms with E-state index in [1.165, 1.54) is 0 Å². The summed E-state index contributed by atoms with van der Waals surface area (Å²) < 4.78 is 16.3. The summed E-state index contributed by atoms with van der Waals surface area (Å²) in [5, 5.41) is 2.85. The molecule has 0 fully saturated rings. The van der Waals surface area contributed by atoms with Crippen molar-refractivity contribution in [2.24, 2.45) is 0 Å². The predicted molar refractivity (Wildman–Crippen MR) is 87.4 cm³/mol.